The molecule has 0 bridgehead atoms. The van der Waals surface area contributed by atoms with Gasteiger partial charge in [-0.1, -0.05) is 30.5 Å². The van der Waals surface area contributed by atoms with Crippen LogP contribution in [0.4, 0.5) is 10.5 Å². The molecule has 1 aromatic carbocycles. The fraction of sp³-hybridized carbons (Fsp3) is 0.533. The van der Waals surface area contributed by atoms with Gasteiger partial charge < -0.3 is 15.0 Å². The van der Waals surface area contributed by atoms with Gasteiger partial charge in [0.15, 0.2) is 0 Å². The average molecular weight is 295 g/mol. The first-order valence-electron chi connectivity index (χ1n) is 7.19. The number of anilines is 1. The highest BCUT2D eigenvalue weighted by molar-refractivity contribution is 6.30. The molecule has 2 atom stereocenters. The van der Waals surface area contributed by atoms with E-state index in [1.54, 1.807) is 12.1 Å². The lowest BCUT2D eigenvalue weighted by molar-refractivity contribution is -0.0694. The van der Waals surface area contributed by atoms with Crippen LogP contribution in [0.5, 0.6) is 0 Å². The molecule has 1 saturated carbocycles. The van der Waals surface area contributed by atoms with Crippen LogP contribution in [0.2, 0.25) is 5.02 Å². The molecule has 1 heterocycles. The molecule has 2 aliphatic rings. The van der Waals surface area contributed by atoms with Crippen LogP contribution in [0, 0.1) is 0 Å². The van der Waals surface area contributed by atoms with Crippen molar-refractivity contribution >= 4 is 23.3 Å². The summed E-state index contributed by atoms with van der Waals surface area (Å²) < 4.78 is 5.79. The van der Waals surface area contributed by atoms with E-state index < -0.39 is 0 Å². The van der Waals surface area contributed by atoms with E-state index in [0.29, 0.717) is 18.2 Å². The molecule has 0 aromatic heterocycles. The van der Waals surface area contributed by atoms with Crippen molar-refractivity contribution in [1.29, 1.82) is 0 Å². The molecule has 2 unspecified atom stereocenters. The maximum absolute atomic E-state index is 12.4. The number of ether oxygens (including phenoxy) is 1. The Kier molecular flexibility index (Phi) is 4.13. The second kappa shape index (κ2) is 6.02. The van der Waals surface area contributed by atoms with Gasteiger partial charge in [-0.25, -0.2) is 4.79 Å². The van der Waals surface area contributed by atoms with Gasteiger partial charge in [0.25, 0.3) is 0 Å². The van der Waals surface area contributed by atoms with Crippen molar-refractivity contribution in [3.63, 3.8) is 0 Å². The maximum Gasteiger partial charge on any atom is 0.322 e. The smallest absolute Gasteiger partial charge is 0.322 e. The Bertz CT molecular complexity index is 493. The van der Waals surface area contributed by atoms with Gasteiger partial charge >= 0.3 is 6.03 Å². The third-order valence-electron chi connectivity index (χ3n) is 4.07. The third-order valence-corrected chi connectivity index (χ3v) is 4.30. The topological polar surface area (TPSA) is 41.6 Å². The number of urea groups is 1. The molecule has 1 saturated heterocycles. The van der Waals surface area contributed by atoms with Gasteiger partial charge in [0.1, 0.15) is 0 Å². The number of rotatable bonds is 1. The van der Waals surface area contributed by atoms with E-state index in [0.717, 1.165) is 18.5 Å². The molecule has 4 nitrogen and oxygen atoms in total. The van der Waals surface area contributed by atoms with E-state index in [1.165, 1.54) is 12.8 Å². The van der Waals surface area contributed by atoms with Crippen molar-refractivity contribution in [3.05, 3.63) is 29.3 Å². The first kappa shape index (κ1) is 13.7. The standard InChI is InChI=1S/C15H19ClN2O2/c16-11-4-3-5-12(10-11)17-15(19)18-8-9-20-14-7-2-1-6-13(14)18/h3-5,10,13-14H,1-2,6-9H2,(H,17,19). The molecule has 0 spiro atoms. The SMILES string of the molecule is O=C(Nc1cccc(Cl)c1)N1CCOC2CCCCC21. The average Bonchev–Trinajstić information content (AvgIpc) is 2.46. The van der Waals surface area contributed by atoms with Crippen LogP contribution in [0.25, 0.3) is 0 Å². The summed E-state index contributed by atoms with van der Waals surface area (Å²) in [6.07, 6.45) is 4.68. The maximum atomic E-state index is 12.4. The summed E-state index contributed by atoms with van der Waals surface area (Å²) in [7, 11) is 0. The summed E-state index contributed by atoms with van der Waals surface area (Å²) in [4.78, 5) is 14.4. The van der Waals surface area contributed by atoms with E-state index in [2.05, 4.69) is 5.32 Å². The number of amides is 2. The first-order chi connectivity index (χ1) is 9.74. The van der Waals surface area contributed by atoms with E-state index in [9.17, 15) is 4.79 Å². The van der Waals surface area contributed by atoms with E-state index in [4.69, 9.17) is 16.3 Å². The Morgan fingerprint density at radius 2 is 2.20 bits per heavy atom. The van der Waals surface area contributed by atoms with E-state index in [1.807, 2.05) is 17.0 Å². The highest BCUT2D eigenvalue weighted by atomic mass is 35.5. The van der Waals surface area contributed by atoms with Crippen LogP contribution < -0.4 is 5.32 Å². The van der Waals surface area contributed by atoms with Crippen molar-refractivity contribution in [2.24, 2.45) is 0 Å². The normalized spacial score (nSPS) is 25.9. The van der Waals surface area contributed by atoms with Crippen molar-refractivity contribution in [2.45, 2.75) is 37.8 Å². The third kappa shape index (κ3) is 2.91. The largest absolute Gasteiger partial charge is 0.374 e. The Morgan fingerprint density at radius 1 is 1.35 bits per heavy atom. The Balaban J connectivity index is 1.69. The van der Waals surface area contributed by atoms with Crippen molar-refractivity contribution in [2.75, 3.05) is 18.5 Å². The minimum absolute atomic E-state index is 0.0486. The van der Waals surface area contributed by atoms with Crippen LogP contribution >= 0.6 is 11.6 Å². The first-order valence-corrected chi connectivity index (χ1v) is 7.56. The van der Waals surface area contributed by atoms with Gasteiger partial charge in [-0.2, -0.15) is 0 Å². The fourth-order valence-corrected chi connectivity index (χ4v) is 3.30. The number of hydrogen-bond donors (Lipinski definition) is 1. The molecule has 1 aliphatic carbocycles. The molecule has 1 aliphatic heterocycles. The lowest BCUT2D eigenvalue weighted by atomic mass is 9.90. The molecular formula is C15H19ClN2O2. The summed E-state index contributed by atoms with van der Waals surface area (Å²) in [5, 5.41) is 3.56. The Hall–Kier alpha value is -1.26. The van der Waals surface area contributed by atoms with Gasteiger partial charge in [0.05, 0.1) is 18.8 Å². The van der Waals surface area contributed by atoms with Crippen molar-refractivity contribution in [3.8, 4) is 0 Å². The molecule has 2 fully saturated rings. The summed E-state index contributed by atoms with van der Waals surface area (Å²) >= 11 is 5.94. The summed E-state index contributed by atoms with van der Waals surface area (Å²) in [5.74, 6) is 0. The minimum atomic E-state index is -0.0486. The zero-order chi connectivity index (χ0) is 13.9. The quantitative estimate of drug-likeness (QED) is 0.861. The lowest BCUT2D eigenvalue weighted by Crippen LogP contribution is -2.55. The molecule has 1 aromatic rings. The number of nitrogens with zero attached hydrogens (tertiary/aromatic N) is 1. The van der Waals surface area contributed by atoms with Crippen molar-refractivity contribution < 1.29 is 9.53 Å². The predicted octanol–water partition coefficient (Wildman–Crippen LogP) is 3.52. The number of hydrogen-bond acceptors (Lipinski definition) is 2. The van der Waals surface area contributed by atoms with Gasteiger partial charge in [0, 0.05) is 17.3 Å². The van der Waals surface area contributed by atoms with Crippen LogP contribution in [-0.2, 0) is 4.74 Å². The Morgan fingerprint density at radius 3 is 3.05 bits per heavy atom. The highest BCUT2D eigenvalue weighted by Crippen LogP contribution is 2.29. The molecule has 1 N–H and O–H groups in total. The monoisotopic (exact) mass is 294 g/mol. The van der Waals surface area contributed by atoms with E-state index in [-0.39, 0.29) is 18.2 Å². The minimum Gasteiger partial charge on any atom is -0.374 e. The molecule has 20 heavy (non-hydrogen) atoms. The molecule has 108 valence electrons. The number of fused-ring (bicyclic) bond motifs is 1. The molecule has 0 radical (unpaired) electrons. The zero-order valence-electron chi connectivity index (χ0n) is 11.3. The molecular weight excluding hydrogens is 276 g/mol. The number of carbonyl (C=O) groups excluding carboxylic acids is 1. The number of benzene rings is 1. The molecule has 5 heteroatoms. The fourth-order valence-electron chi connectivity index (χ4n) is 3.11. The number of carbonyl (C=O) groups is 1. The van der Waals surface area contributed by atoms with Gasteiger partial charge in [-0.3, -0.25) is 0 Å². The lowest BCUT2D eigenvalue weighted by Gasteiger charge is -2.43. The van der Waals surface area contributed by atoms with E-state index >= 15 is 0 Å². The summed E-state index contributed by atoms with van der Waals surface area (Å²) in [6, 6.07) is 7.41. The second-order valence-electron chi connectivity index (χ2n) is 5.39. The van der Waals surface area contributed by atoms with Crippen LogP contribution in [0.15, 0.2) is 24.3 Å². The van der Waals surface area contributed by atoms with Crippen LogP contribution in [0.1, 0.15) is 25.7 Å². The molecule has 2 amide bonds. The highest BCUT2D eigenvalue weighted by Gasteiger charge is 2.36. The summed E-state index contributed by atoms with van der Waals surface area (Å²) in [5.41, 5.74) is 0.737. The predicted molar refractivity (Wildman–Crippen MR) is 79.2 cm³/mol. The number of halogens is 1. The van der Waals surface area contributed by atoms with Crippen molar-refractivity contribution in [1.82, 2.24) is 4.90 Å². The molecule has 3 rings (SSSR count). The zero-order valence-corrected chi connectivity index (χ0v) is 12.1. The second-order valence-corrected chi connectivity index (χ2v) is 5.83. The van der Waals surface area contributed by atoms with Gasteiger partial charge in [0.2, 0.25) is 0 Å². The van der Waals surface area contributed by atoms with Gasteiger partial charge in [-0.05, 0) is 31.0 Å². The van der Waals surface area contributed by atoms with Crippen LogP contribution in [0.3, 0.4) is 0 Å². The number of nitrogens with one attached hydrogen (secondary N) is 1. The number of morpholine rings is 1. The van der Waals surface area contributed by atoms with Crippen LogP contribution in [-0.4, -0.2) is 36.2 Å². The summed E-state index contributed by atoms with van der Waals surface area (Å²) in [6.45, 7) is 1.29. The van der Waals surface area contributed by atoms with Gasteiger partial charge in [-0.15, -0.1) is 0 Å². The Labute approximate surface area is 124 Å².